The van der Waals surface area contributed by atoms with Gasteiger partial charge in [-0.15, -0.1) is 0 Å². The molecule has 38 heavy (non-hydrogen) atoms. The topological polar surface area (TPSA) is 83.7 Å². The van der Waals surface area contributed by atoms with E-state index in [0.29, 0.717) is 42.4 Å². The monoisotopic (exact) mass is 557 g/mol. The number of amides is 1. The fourth-order valence-corrected chi connectivity index (χ4v) is 6.17. The Morgan fingerprint density at radius 3 is 2.50 bits per heavy atom. The van der Waals surface area contributed by atoms with Gasteiger partial charge in [-0.05, 0) is 68.7 Å². The summed E-state index contributed by atoms with van der Waals surface area (Å²) in [5, 5.41) is 0.920. The van der Waals surface area contributed by atoms with E-state index >= 15 is 0 Å². The summed E-state index contributed by atoms with van der Waals surface area (Å²) in [4.78, 5) is 43.4. The average Bonchev–Trinajstić information content (AvgIpc) is 3.24. The maximum Gasteiger partial charge on any atom is 0.240 e. The summed E-state index contributed by atoms with van der Waals surface area (Å²) in [5.41, 5.74) is 8.53. The summed E-state index contributed by atoms with van der Waals surface area (Å²) in [6.45, 7) is 2.72. The lowest BCUT2D eigenvalue weighted by Crippen LogP contribution is -2.50. The molecule has 2 saturated heterocycles. The van der Waals surface area contributed by atoms with Gasteiger partial charge in [0, 0.05) is 38.0 Å². The lowest BCUT2D eigenvalue weighted by molar-refractivity contribution is -0.142. The smallest absolute Gasteiger partial charge is 0.240 e. The molecule has 204 valence electrons. The van der Waals surface area contributed by atoms with Crippen LogP contribution in [0.1, 0.15) is 56.6 Å². The Morgan fingerprint density at radius 2 is 1.79 bits per heavy atom. The summed E-state index contributed by atoms with van der Waals surface area (Å²) in [5.74, 6) is -0.0429. The normalized spacial score (nSPS) is 22.7. The van der Waals surface area contributed by atoms with Crippen LogP contribution in [0.4, 0.5) is 0 Å². The van der Waals surface area contributed by atoms with Crippen LogP contribution in [0.2, 0.25) is 10.0 Å². The van der Waals surface area contributed by atoms with Crippen LogP contribution >= 0.6 is 23.2 Å². The number of halogens is 2. The van der Waals surface area contributed by atoms with Gasteiger partial charge in [0.25, 0.3) is 0 Å². The summed E-state index contributed by atoms with van der Waals surface area (Å²) in [7, 11) is 0. The highest BCUT2D eigenvalue weighted by atomic mass is 35.5. The summed E-state index contributed by atoms with van der Waals surface area (Å²) in [6.07, 6.45) is 4.58. The average molecular weight is 559 g/mol. The molecule has 2 fully saturated rings. The van der Waals surface area contributed by atoms with E-state index in [0.717, 1.165) is 24.8 Å². The molecule has 8 heteroatoms. The number of nitrogens with two attached hydrogens (primary N) is 1. The predicted octanol–water partition coefficient (Wildman–Crippen LogP) is 4.87. The first-order chi connectivity index (χ1) is 18.2. The third kappa shape index (κ3) is 7.23. The van der Waals surface area contributed by atoms with Crippen molar-refractivity contribution in [1.82, 2.24) is 9.80 Å². The molecule has 2 aliphatic heterocycles. The largest absolute Gasteiger partial charge is 0.331 e. The quantitative estimate of drug-likeness (QED) is 0.426. The number of carbonyl (C=O) groups excluding carboxylic acids is 3. The van der Waals surface area contributed by atoms with Crippen molar-refractivity contribution >= 4 is 40.7 Å². The van der Waals surface area contributed by atoms with Gasteiger partial charge in [0.2, 0.25) is 5.91 Å². The lowest BCUT2D eigenvalue weighted by Gasteiger charge is -2.32. The summed E-state index contributed by atoms with van der Waals surface area (Å²) < 4.78 is 0. The first-order valence-corrected chi connectivity index (χ1v) is 14.3. The van der Waals surface area contributed by atoms with Gasteiger partial charge in [-0.3, -0.25) is 14.5 Å². The molecule has 0 spiro atoms. The SMILES string of the molecule is CC(=O)CC[C@H](C(=O)CCc1ccc(Cl)c(Cl)c1)N1CCC(CCc2ccccc2)N2C[C@H](N)C[C@H]2C1=O. The molecule has 2 aromatic carbocycles. The van der Waals surface area contributed by atoms with Crippen molar-refractivity contribution in [1.29, 1.82) is 0 Å². The zero-order valence-electron chi connectivity index (χ0n) is 22.0. The Morgan fingerprint density at radius 1 is 1.03 bits per heavy atom. The highest BCUT2D eigenvalue weighted by Gasteiger charge is 2.45. The summed E-state index contributed by atoms with van der Waals surface area (Å²) in [6, 6.07) is 14.9. The van der Waals surface area contributed by atoms with E-state index in [-0.39, 0.29) is 48.4 Å². The number of ketones is 2. The van der Waals surface area contributed by atoms with Crippen LogP contribution in [-0.4, -0.2) is 64.5 Å². The number of nitrogens with zero attached hydrogens (tertiary/aromatic N) is 2. The fraction of sp³-hybridized carbons (Fsp3) is 0.500. The maximum absolute atomic E-state index is 13.9. The Bertz CT molecular complexity index is 1140. The van der Waals surface area contributed by atoms with E-state index < -0.39 is 6.04 Å². The number of rotatable bonds is 11. The van der Waals surface area contributed by atoms with Crippen LogP contribution < -0.4 is 5.73 Å². The van der Waals surface area contributed by atoms with Crippen molar-refractivity contribution < 1.29 is 14.4 Å². The van der Waals surface area contributed by atoms with Gasteiger partial charge in [-0.2, -0.15) is 0 Å². The van der Waals surface area contributed by atoms with Crippen molar-refractivity contribution in [2.75, 3.05) is 13.1 Å². The number of fused-ring (bicyclic) bond motifs is 1. The van der Waals surface area contributed by atoms with E-state index in [1.54, 1.807) is 17.0 Å². The van der Waals surface area contributed by atoms with Crippen molar-refractivity contribution in [3.63, 3.8) is 0 Å². The minimum absolute atomic E-state index is 0.0137. The number of hydrogen-bond acceptors (Lipinski definition) is 5. The Hall–Kier alpha value is -2.25. The minimum Gasteiger partial charge on any atom is -0.331 e. The molecule has 0 radical (unpaired) electrons. The molecule has 0 aliphatic carbocycles. The van der Waals surface area contributed by atoms with Crippen molar-refractivity contribution in [2.24, 2.45) is 5.73 Å². The third-order valence-corrected chi connectivity index (χ3v) is 8.62. The molecule has 2 aromatic rings. The van der Waals surface area contributed by atoms with Crippen LogP contribution in [-0.2, 0) is 27.2 Å². The zero-order chi connectivity index (χ0) is 27.2. The molecule has 1 amide bonds. The van der Waals surface area contributed by atoms with Gasteiger partial charge in [-0.1, -0.05) is 59.6 Å². The van der Waals surface area contributed by atoms with Crippen molar-refractivity contribution in [3.8, 4) is 0 Å². The zero-order valence-corrected chi connectivity index (χ0v) is 23.5. The van der Waals surface area contributed by atoms with Crippen LogP contribution in [0.3, 0.4) is 0 Å². The highest BCUT2D eigenvalue weighted by molar-refractivity contribution is 6.42. The molecule has 0 saturated carbocycles. The van der Waals surface area contributed by atoms with E-state index in [9.17, 15) is 14.4 Å². The number of aryl methyl sites for hydroxylation is 2. The van der Waals surface area contributed by atoms with E-state index in [2.05, 4.69) is 17.0 Å². The second-order valence-electron chi connectivity index (χ2n) is 10.7. The number of Topliss-reactive ketones (excluding diaryl/α,β-unsaturated/α-hetero) is 2. The predicted molar refractivity (Wildman–Crippen MR) is 151 cm³/mol. The molecule has 4 atom stereocenters. The molecule has 6 nitrogen and oxygen atoms in total. The standard InChI is InChI=1S/C30H37Cl2N3O3/c1-20(36)7-13-27(29(37)14-10-22-9-12-25(31)26(32)17-22)34-16-15-24(11-8-21-5-3-2-4-6-21)35-19-23(33)18-28(35)30(34)38/h2-6,9,12,17,23-24,27-28H,7-8,10-11,13-16,18-19,33H2,1H3/t23-,24?,27-,28+/m1/s1. The highest BCUT2D eigenvalue weighted by Crippen LogP contribution is 2.31. The molecular weight excluding hydrogens is 521 g/mol. The Balaban J connectivity index is 1.51. The van der Waals surface area contributed by atoms with E-state index in [1.165, 1.54) is 12.5 Å². The second-order valence-corrected chi connectivity index (χ2v) is 11.5. The van der Waals surface area contributed by atoms with Gasteiger partial charge in [-0.25, -0.2) is 0 Å². The van der Waals surface area contributed by atoms with Crippen LogP contribution in [0.15, 0.2) is 48.5 Å². The van der Waals surface area contributed by atoms with Gasteiger partial charge in [0.05, 0.1) is 22.1 Å². The van der Waals surface area contributed by atoms with Crippen LogP contribution in [0, 0.1) is 0 Å². The lowest BCUT2D eigenvalue weighted by atomic mass is 9.96. The molecule has 0 aromatic heterocycles. The molecule has 1 unspecified atom stereocenters. The van der Waals surface area contributed by atoms with Crippen LogP contribution in [0.25, 0.3) is 0 Å². The van der Waals surface area contributed by atoms with Gasteiger partial charge >= 0.3 is 0 Å². The third-order valence-electron chi connectivity index (χ3n) is 7.88. The second kappa shape index (κ2) is 13.2. The Labute approximate surface area is 235 Å². The number of benzene rings is 2. The van der Waals surface area contributed by atoms with Crippen molar-refractivity contribution in [2.45, 2.75) is 82.5 Å². The van der Waals surface area contributed by atoms with Crippen LogP contribution in [0.5, 0.6) is 0 Å². The molecule has 0 bridgehead atoms. The van der Waals surface area contributed by atoms with Gasteiger partial charge in [0.15, 0.2) is 5.78 Å². The first-order valence-electron chi connectivity index (χ1n) is 13.5. The molecule has 4 rings (SSSR count). The van der Waals surface area contributed by atoms with E-state index in [4.69, 9.17) is 28.9 Å². The maximum atomic E-state index is 13.9. The number of carbonyl (C=O) groups is 3. The molecular formula is C30H37Cl2N3O3. The fourth-order valence-electron chi connectivity index (χ4n) is 5.85. The van der Waals surface area contributed by atoms with Gasteiger partial charge in [0.1, 0.15) is 5.78 Å². The van der Waals surface area contributed by atoms with E-state index in [1.807, 2.05) is 24.3 Å². The summed E-state index contributed by atoms with van der Waals surface area (Å²) >= 11 is 12.2. The molecule has 2 N–H and O–H groups in total. The first kappa shape index (κ1) is 28.8. The molecule has 2 aliphatic rings. The molecule has 2 heterocycles. The minimum atomic E-state index is -0.624. The number of hydrogen-bond donors (Lipinski definition) is 1. The Kier molecular flexibility index (Phi) is 9.99. The van der Waals surface area contributed by atoms with Crippen molar-refractivity contribution in [3.05, 3.63) is 69.7 Å². The van der Waals surface area contributed by atoms with Gasteiger partial charge < -0.3 is 15.4 Å².